The summed E-state index contributed by atoms with van der Waals surface area (Å²) < 4.78 is 0. The number of anilines is 1. The summed E-state index contributed by atoms with van der Waals surface area (Å²) in [7, 11) is 0. The Kier molecular flexibility index (Phi) is 5.21. The van der Waals surface area contributed by atoms with Crippen molar-refractivity contribution in [1.29, 1.82) is 0 Å². The molecule has 2 N–H and O–H groups in total. The van der Waals surface area contributed by atoms with Crippen molar-refractivity contribution in [3.8, 4) is 0 Å². The lowest BCUT2D eigenvalue weighted by atomic mass is 10.3. The second kappa shape index (κ2) is 7.12. The van der Waals surface area contributed by atoms with E-state index in [1.807, 2.05) is 18.2 Å². The molecule has 104 valence electrons. The van der Waals surface area contributed by atoms with Crippen molar-refractivity contribution < 1.29 is 4.79 Å². The molecule has 0 bridgehead atoms. The van der Waals surface area contributed by atoms with Gasteiger partial charge in [0.15, 0.2) is 0 Å². The lowest BCUT2D eigenvalue weighted by Crippen LogP contribution is -2.30. The molecule has 0 aliphatic heterocycles. The lowest BCUT2D eigenvalue weighted by Gasteiger charge is -2.08. The minimum Gasteiger partial charge on any atom is -0.337 e. The van der Waals surface area contributed by atoms with Crippen LogP contribution in [0.3, 0.4) is 0 Å². The standard InChI is InChI=1S/C14H13Cl2N3O/c15-12-5-4-11(9-13(12)16)19-14(20)18-8-6-10-3-1-2-7-17-10/h1-5,7,9H,6,8H2,(H2,18,19,20). The molecule has 2 rings (SSSR count). The number of hydrogen-bond donors (Lipinski definition) is 2. The van der Waals surface area contributed by atoms with E-state index in [4.69, 9.17) is 23.2 Å². The summed E-state index contributed by atoms with van der Waals surface area (Å²) in [4.78, 5) is 15.9. The Bertz CT molecular complexity index is 590. The average Bonchev–Trinajstić information content (AvgIpc) is 2.44. The van der Waals surface area contributed by atoms with Gasteiger partial charge in [0.25, 0.3) is 0 Å². The highest BCUT2D eigenvalue weighted by Gasteiger charge is 2.04. The molecule has 1 heterocycles. The van der Waals surface area contributed by atoms with Crippen LogP contribution in [0.1, 0.15) is 5.69 Å². The van der Waals surface area contributed by atoms with E-state index in [0.29, 0.717) is 28.7 Å². The van der Waals surface area contributed by atoms with Crippen LogP contribution >= 0.6 is 23.2 Å². The Morgan fingerprint density at radius 3 is 2.70 bits per heavy atom. The van der Waals surface area contributed by atoms with E-state index in [1.165, 1.54) is 0 Å². The monoisotopic (exact) mass is 309 g/mol. The summed E-state index contributed by atoms with van der Waals surface area (Å²) in [6, 6.07) is 10.3. The summed E-state index contributed by atoms with van der Waals surface area (Å²) in [5.74, 6) is 0. The predicted octanol–water partition coefficient (Wildman–Crippen LogP) is 3.75. The first-order valence-corrected chi connectivity index (χ1v) is 6.80. The van der Waals surface area contributed by atoms with Crippen LogP contribution in [0.4, 0.5) is 10.5 Å². The topological polar surface area (TPSA) is 54.0 Å². The third kappa shape index (κ3) is 4.40. The van der Waals surface area contributed by atoms with Crippen LogP contribution < -0.4 is 10.6 Å². The van der Waals surface area contributed by atoms with Crippen molar-refractivity contribution in [2.45, 2.75) is 6.42 Å². The van der Waals surface area contributed by atoms with Gasteiger partial charge in [-0.15, -0.1) is 0 Å². The molecule has 0 atom stereocenters. The Morgan fingerprint density at radius 1 is 1.15 bits per heavy atom. The number of urea groups is 1. The number of nitrogens with zero attached hydrogens (tertiary/aromatic N) is 1. The molecular weight excluding hydrogens is 297 g/mol. The van der Waals surface area contributed by atoms with Crippen LogP contribution in [-0.2, 0) is 6.42 Å². The third-order valence-corrected chi connectivity index (χ3v) is 3.31. The van der Waals surface area contributed by atoms with Crippen LogP contribution in [0.15, 0.2) is 42.6 Å². The quantitative estimate of drug-likeness (QED) is 0.903. The van der Waals surface area contributed by atoms with Gasteiger partial charge in [-0.05, 0) is 30.3 Å². The zero-order valence-electron chi connectivity index (χ0n) is 10.6. The minimum atomic E-state index is -0.292. The van der Waals surface area contributed by atoms with Gasteiger partial charge in [-0.1, -0.05) is 29.3 Å². The molecule has 0 radical (unpaired) electrons. The average molecular weight is 310 g/mol. The van der Waals surface area contributed by atoms with Gasteiger partial charge < -0.3 is 10.6 Å². The van der Waals surface area contributed by atoms with Gasteiger partial charge in [0.2, 0.25) is 0 Å². The molecule has 1 aromatic carbocycles. The molecule has 4 nitrogen and oxygen atoms in total. The first kappa shape index (κ1) is 14.6. The summed E-state index contributed by atoms with van der Waals surface area (Å²) in [6.45, 7) is 0.504. The zero-order valence-corrected chi connectivity index (χ0v) is 12.1. The number of carbonyl (C=O) groups is 1. The molecule has 0 spiro atoms. The fourth-order valence-electron chi connectivity index (χ4n) is 1.60. The van der Waals surface area contributed by atoms with Crippen molar-refractivity contribution in [3.63, 3.8) is 0 Å². The first-order chi connectivity index (χ1) is 9.65. The maximum Gasteiger partial charge on any atom is 0.319 e. The van der Waals surface area contributed by atoms with Crippen molar-refractivity contribution in [2.24, 2.45) is 0 Å². The van der Waals surface area contributed by atoms with Gasteiger partial charge in [-0.25, -0.2) is 4.79 Å². The van der Waals surface area contributed by atoms with E-state index in [0.717, 1.165) is 5.69 Å². The lowest BCUT2D eigenvalue weighted by molar-refractivity contribution is 0.252. The van der Waals surface area contributed by atoms with E-state index in [-0.39, 0.29) is 6.03 Å². The second-order valence-electron chi connectivity index (χ2n) is 4.08. The van der Waals surface area contributed by atoms with Gasteiger partial charge in [-0.3, -0.25) is 4.98 Å². The number of hydrogen-bond acceptors (Lipinski definition) is 2. The van der Waals surface area contributed by atoms with Gasteiger partial charge in [0.05, 0.1) is 10.0 Å². The number of nitrogens with one attached hydrogen (secondary N) is 2. The third-order valence-electron chi connectivity index (χ3n) is 2.57. The normalized spacial score (nSPS) is 10.1. The summed E-state index contributed by atoms with van der Waals surface area (Å²) in [5.41, 5.74) is 1.53. The van der Waals surface area contributed by atoms with Gasteiger partial charge >= 0.3 is 6.03 Å². The van der Waals surface area contributed by atoms with Crippen molar-refractivity contribution >= 4 is 34.9 Å². The molecule has 0 fully saturated rings. The predicted molar refractivity (Wildman–Crippen MR) is 81.4 cm³/mol. The summed E-state index contributed by atoms with van der Waals surface area (Å²) in [6.07, 6.45) is 2.40. The number of amides is 2. The van der Waals surface area contributed by atoms with E-state index < -0.39 is 0 Å². The highest BCUT2D eigenvalue weighted by atomic mass is 35.5. The Balaban J connectivity index is 1.79. The Labute approximate surface area is 127 Å². The van der Waals surface area contributed by atoms with Gasteiger partial charge in [0.1, 0.15) is 0 Å². The molecule has 2 aromatic rings. The fraction of sp³-hybridized carbons (Fsp3) is 0.143. The van der Waals surface area contributed by atoms with Gasteiger partial charge in [-0.2, -0.15) is 0 Å². The van der Waals surface area contributed by atoms with Crippen molar-refractivity contribution in [2.75, 3.05) is 11.9 Å². The molecule has 0 unspecified atom stereocenters. The SMILES string of the molecule is O=C(NCCc1ccccn1)Nc1ccc(Cl)c(Cl)c1. The van der Waals surface area contributed by atoms with Crippen LogP contribution in [0.2, 0.25) is 10.0 Å². The number of rotatable bonds is 4. The van der Waals surface area contributed by atoms with E-state index in [1.54, 1.807) is 24.4 Å². The highest BCUT2D eigenvalue weighted by Crippen LogP contribution is 2.24. The zero-order chi connectivity index (χ0) is 14.4. The van der Waals surface area contributed by atoms with Crippen molar-refractivity contribution in [1.82, 2.24) is 10.3 Å². The number of benzene rings is 1. The van der Waals surface area contributed by atoms with Crippen LogP contribution in [-0.4, -0.2) is 17.6 Å². The second-order valence-corrected chi connectivity index (χ2v) is 4.90. The number of aromatic nitrogens is 1. The minimum absolute atomic E-state index is 0.292. The molecule has 0 aliphatic rings. The summed E-state index contributed by atoms with van der Waals surface area (Å²) >= 11 is 11.7. The highest BCUT2D eigenvalue weighted by molar-refractivity contribution is 6.42. The number of carbonyl (C=O) groups excluding carboxylic acids is 1. The summed E-state index contributed by atoms with van der Waals surface area (Å²) in [5, 5.41) is 6.28. The van der Waals surface area contributed by atoms with E-state index in [9.17, 15) is 4.79 Å². The maximum absolute atomic E-state index is 11.7. The Hall–Kier alpha value is -1.78. The molecule has 2 amide bonds. The van der Waals surface area contributed by atoms with Crippen LogP contribution in [0.5, 0.6) is 0 Å². The van der Waals surface area contributed by atoms with Crippen molar-refractivity contribution in [3.05, 3.63) is 58.3 Å². The van der Waals surface area contributed by atoms with E-state index >= 15 is 0 Å². The van der Waals surface area contributed by atoms with Gasteiger partial charge in [0, 0.05) is 30.5 Å². The smallest absolute Gasteiger partial charge is 0.319 e. The van der Waals surface area contributed by atoms with E-state index in [2.05, 4.69) is 15.6 Å². The fourth-order valence-corrected chi connectivity index (χ4v) is 1.90. The molecule has 0 saturated heterocycles. The first-order valence-electron chi connectivity index (χ1n) is 6.05. The number of pyridine rings is 1. The molecule has 20 heavy (non-hydrogen) atoms. The van der Waals surface area contributed by atoms with Crippen LogP contribution in [0, 0.1) is 0 Å². The van der Waals surface area contributed by atoms with Crippen LogP contribution in [0.25, 0.3) is 0 Å². The Morgan fingerprint density at radius 2 is 2.00 bits per heavy atom. The molecule has 0 aliphatic carbocycles. The number of halogens is 2. The molecular formula is C14H13Cl2N3O. The molecule has 0 saturated carbocycles. The maximum atomic E-state index is 11.7. The molecule has 6 heteroatoms. The largest absolute Gasteiger partial charge is 0.337 e. The molecule has 1 aromatic heterocycles.